The summed E-state index contributed by atoms with van der Waals surface area (Å²) in [5, 5.41) is 5.58. The number of nitrogens with one attached hydrogen (secondary N) is 2. The van der Waals surface area contributed by atoms with E-state index in [1.807, 2.05) is 25.1 Å². The first-order chi connectivity index (χ1) is 11.0. The van der Waals surface area contributed by atoms with Crippen LogP contribution in [-0.4, -0.2) is 18.1 Å². The number of amides is 2. The molecule has 0 unspecified atom stereocenters. The largest absolute Gasteiger partial charge is 0.494 e. The van der Waals surface area contributed by atoms with Crippen molar-refractivity contribution in [2.24, 2.45) is 0 Å². The zero-order valence-corrected chi connectivity index (χ0v) is 13.3. The van der Waals surface area contributed by atoms with Crippen LogP contribution in [0.1, 0.15) is 37.2 Å². The van der Waals surface area contributed by atoms with Crippen LogP contribution in [0.4, 0.5) is 9.18 Å². The van der Waals surface area contributed by atoms with Crippen LogP contribution in [0.2, 0.25) is 0 Å². The van der Waals surface area contributed by atoms with E-state index < -0.39 is 5.82 Å². The maximum atomic E-state index is 13.7. The van der Waals surface area contributed by atoms with Gasteiger partial charge in [0.15, 0.2) is 11.6 Å². The van der Waals surface area contributed by atoms with E-state index in [1.54, 1.807) is 19.2 Å². The van der Waals surface area contributed by atoms with Crippen molar-refractivity contribution >= 4 is 6.03 Å². The molecule has 0 saturated heterocycles. The molecule has 0 aliphatic heterocycles. The van der Waals surface area contributed by atoms with E-state index in [9.17, 15) is 9.18 Å². The summed E-state index contributed by atoms with van der Waals surface area (Å²) in [4.78, 5) is 16.2. The first kappa shape index (κ1) is 16.7. The Morgan fingerprint density at radius 3 is 2.52 bits per heavy atom. The van der Waals surface area contributed by atoms with Gasteiger partial charge in [-0.15, -0.1) is 0 Å². The average Bonchev–Trinajstić information content (AvgIpc) is 2.55. The van der Waals surface area contributed by atoms with Crippen molar-refractivity contribution in [1.82, 2.24) is 15.6 Å². The molecule has 0 aliphatic rings. The smallest absolute Gasteiger partial charge is 0.315 e. The van der Waals surface area contributed by atoms with Gasteiger partial charge in [0.05, 0.1) is 24.9 Å². The highest BCUT2D eigenvalue weighted by Crippen LogP contribution is 2.21. The molecule has 2 N–H and O–H groups in total. The third-order valence-electron chi connectivity index (χ3n) is 3.50. The molecule has 2 amide bonds. The summed E-state index contributed by atoms with van der Waals surface area (Å²) < 4.78 is 18.6. The molecule has 1 aromatic carbocycles. The lowest BCUT2D eigenvalue weighted by Crippen LogP contribution is -2.38. The van der Waals surface area contributed by atoms with Crippen molar-refractivity contribution in [3.63, 3.8) is 0 Å². The molecular weight excluding hydrogens is 297 g/mol. The van der Waals surface area contributed by atoms with E-state index in [0.717, 1.165) is 5.69 Å². The molecule has 0 bridgehead atoms. The number of aromatic nitrogens is 1. The molecule has 1 heterocycles. The predicted octanol–water partition coefficient (Wildman–Crippen LogP) is 3.35. The maximum Gasteiger partial charge on any atom is 0.315 e. The Balaban J connectivity index is 1.95. The number of urea groups is 1. The Morgan fingerprint density at radius 1 is 1.17 bits per heavy atom. The number of rotatable bonds is 5. The molecule has 0 saturated carbocycles. The van der Waals surface area contributed by atoms with Gasteiger partial charge in [-0.3, -0.25) is 4.98 Å². The molecule has 5 nitrogen and oxygen atoms in total. The number of benzene rings is 1. The van der Waals surface area contributed by atoms with Crippen LogP contribution in [0, 0.1) is 5.82 Å². The molecule has 0 spiro atoms. The topological polar surface area (TPSA) is 63.2 Å². The summed E-state index contributed by atoms with van der Waals surface area (Å²) in [6.45, 7) is 3.63. The molecule has 2 aromatic rings. The maximum absolute atomic E-state index is 13.7. The van der Waals surface area contributed by atoms with Gasteiger partial charge in [-0.1, -0.05) is 12.1 Å². The summed E-state index contributed by atoms with van der Waals surface area (Å²) in [6, 6.07) is 9.22. The molecule has 1 aromatic heterocycles. The molecule has 0 fully saturated rings. The van der Waals surface area contributed by atoms with Crippen LogP contribution in [-0.2, 0) is 0 Å². The third kappa shape index (κ3) is 4.42. The lowest BCUT2D eigenvalue weighted by Gasteiger charge is -2.18. The molecule has 0 radical (unpaired) electrons. The fraction of sp³-hybridized carbons (Fsp3) is 0.294. The standard InChI is InChI=1S/C17H20FN3O2/c1-11(13-7-8-16(23-3)14(18)10-13)20-17(22)21-12(2)15-6-4-5-9-19-15/h4-12H,1-3H3,(H2,20,21,22)/t11-,12+/m0/s1. The molecule has 23 heavy (non-hydrogen) atoms. The second-order valence-corrected chi connectivity index (χ2v) is 5.21. The fourth-order valence-electron chi connectivity index (χ4n) is 2.18. The molecular formula is C17H20FN3O2. The zero-order chi connectivity index (χ0) is 16.8. The number of hydrogen-bond donors (Lipinski definition) is 2. The van der Waals surface area contributed by atoms with E-state index in [1.165, 1.54) is 19.2 Å². The summed E-state index contributed by atoms with van der Waals surface area (Å²) in [5.74, 6) is -0.282. The number of carbonyl (C=O) groups is 1. The van der Waals surface area contributed by atoms with Gasteiger partial charge in [0.2, 0.25) is 0 Å². The Morgan fingerprint density at radius 2 is 1.91 bits per heavy atom. The van der Waals surface area contributed by atoms with Crippen molar-refractivity contribution in [3.8, 4) is 5.75 Å². The highest BCUT2D eigenvalue weighted by molar-refractivity contribution is 5.74. The number of methoxy groups -OCH3 is 1. The zero-order valence-electron chi connectivity index (χ0n) is 13.3. The van der Waals surface area contributed by atoms with Crippen molar-refractivity contribution in [3.05, 3.63) is 59.7 Å². The van der Waals surface area contributed by atoms with Crippen LogP contribution < -0.4 is 15.4 Å². The Kier molecular flexibility index (Phi) is 5.51. The fourth-order valence-corrected chi connectivity index (χ4v) is 2.18. The summed E-state index contributed by atoms with van der Waals surface area (Å²) in [6.07, 6.45) is 1.67. The van der Waals surface area contributed by atoms with Gasteiger partial charge in [-0.25, -0.2) is 9.18 Å². The SMILES string of the molecule is COc1ccc([C@H](C)NC(=O)N[C@H](C)c2ccccn2)cc1F. The van der Waals surface area contributed by atoms with Gasteiger partial charge in [-0.2, -0.15) is 0 Å². The minimum Gasteiger partial charge on any atom is -0.494 e. The Hall–Kier alpha value is -2.63. The highest BCUT2D eigenvalue weighted by atomic mass is 19.1. The number of halogens is 1. The van der Waals surface area contributed by atoms with E-state index >= 15 is 0 Å². The van der Waals surface area contributed by atoms with E-state index in [4.69, 9.17) is 4.74 Å². The lowest BCUT2D eigenvalue weighted by atomic mass is 10.1. The summed E-state index contributed by atoms with van der Waals surface area (Å²) >= 11 is 0. The van der Waals surface area contributed by atoms with E-state index in [0.29, 0.717) is 5.56 Å². The molecule has 6 heteroatoms. The predicted molar refractivity (Wildman–Crippen MR) is 85.7 cm³/mol. The van der Waals surface area contributed by atoms with Gasteiger partial charge >= 0.3 is 6.03 Å². The van der Waals surface area contributed by atoms with Crippen LogP contribution >= 0.6 is 0 Å². The third-order valence-corrected chi connectivity index (χ3v) is 3.50. The lowest BCUT2D eigenvalue weighted by molar-refractivity contribution is 0.234. The molecule has 2 atom stereocenters. The number of ether oxygens (including phenoxy) is 1. The second-order valence-electron chi connectivity index (χ2n) is 5.21. The normalized spacial score (nSPS) is 13.0. The van der Waals surface area contributed by atoms with Gasteiger partial charge in [-0.05, 0) is 43.7 Å². The van der Waals surface area contributed by atoms with Crippen LogP contribution in [0.5, 0.6) is 5.75 Å². The van der Waals surface area contributed by atoms with Crippen LogP contribution in [0.25, 0.3) is 0 Å². The minimum atomic E-state index is -0.457. The first-order valence-corrected chi connectivity index (χ1v) is 7.32. The number of nitrogens with zero attached hydrogens (tertiary/aromatic N) is 1. The molecule has 2 rings (SSSR count). The average molecular weight is 317 g/mol. The first-order valence-electron chi connectivity index (χ1n) is 7.32. The molecule has 122 valence electrons. The van der Waals surface area contributed by atoms with Gasteiger partial charge < -0.3 is 15.4 Å². The van der Waals surface area contributed by atoms with Crippen LogP contribution in [0.15, 0.2) is 42.6 Å². The minimum absolute atomic E-state index is 0.175. The summed E-state index contributed by atoms with van der Waals surface area (Å²) in [5.41, 5.74) is 1.43. The van der Waals surface area contributed by atoms with Crippen molar-refractivity contribution in [2.45, 2.75) is 25.9 Å². The number of carbonyl (C=O) groups excluding carboxylic acids is 1. The van der Waals surface area contributed by atoms with Crippen molar-refractivity contribution < 1.29 is 13.9 Å². The Labute approximate surface area is 134 Å². The molecule has 0 aliphatic carbocycles. The van der Waals surface area contributed by atoms with Gasteiger partial charge in [0, 0.05) is 6.20 Å². The number of pyridine rings is 1. The highest BCUT2D eigenvalue weighted by Gasteiger charge is 2.14. The van der Waals surface area contributed by atoms with Crippen molar-refractivity contribution in [2.75, 3.05) is 7.11 Å². The second kappa shape index (κ2) is 7.58. The quantitative estimate of drug-likeness (QED) is 0.889. The monoisotopic (exact) mass is 317 g/mol. The van der Waals surface area contributed by atoms with Gasteiger partial charge in [0.25, 0.3) is 0 Å². The van der Waals surface area contributed by atoms with E-state index in [-0.39, 0.29) is 23.9 Å². The van der Waals surface area contributed by atoms with E-state index in [2.05, 4.69) is 15.6 Å². The van der Waals surface area contributed by atoms with Gasteiger partial charge in [0.1, 0.15) is 0 Å². The number of hydrogen-bond acceptors (Lipinski definition) is 3. The Bertz CT molecular complexity index is 664. The van der Waals surface area contributed by atoms with Crippen molar-refractivity contribution in [1.29, 1.82) is 0 Å². The summed E-state index contributed by atoms with van der Waals surface area (Å²) in [7, 11) is 1.41. The van der Waals surface area contributed by atoms with Crippen LogP contribution in [0.3, 0.4) is 0 Å².